The molecule has 0 heterocycles. The van der Waals surface area contributed by atoms with Crippen molar-refractivity contribution >= 4 is 34.1 Å². The van der Waals surface area contributed by atoms with Crippen LogP contribution in [0.5, 0.6) is 11.5 Å². The minimum absolute atomic E-state index is 0.610. The lowest BCUT2D eigenvalue weighted by Gasteiger charge is -2.11. The van der Waals surface area contributed by atoms with Crippen molar-refractivity contribution in [2.45, 2.75) is 38.5 Å². The molecule has 0 spiro atoms. The van der Waals surface area contributed by atoms with Gasteiger partial charge in [-0.1, -0.05) is 86.3 Å². The van der Waals surface area contributed by atoms with E-state index < -0.39 is 0 Å². The van der Waals surface area contributed by atoms with Crippen molar-refractivity contribution in [1.29, 1.82) is 0 Å². The maximum atomic E-state index is 11.6. The molecular formula is C30H30O4. The van der Waals surface area contributed by atoms with Crippen molar-refractivity contribution in [3.8, 4) is 11.5 Å². The molecule has 0 aliphatic carbocycles. The van der Waals surface area contributed by atoms with Crippen molar-refractivity contribution < 1.29 is 19.1 Å². The predicted octanol–water partition coefficient (Wildman–Crippen LogP) is 7.42. The summed E-state index contributed by atoms with van der Waals surface area (Å²) in [5, 5.41) is 3.95. The van der Waals surface area contributed by atoms with Gasteiger partial charge in [0.2, 0.25) is 0 Å². The van der Waals surface area contributed by atoms with E-state index in [9.17, 15) is 9.59 Å². The summed E-state index contributed by atoms with van der Waals surface area (Å²) in [7, 11) is 0. The molecule has 4 aromatic rings. The maximum Gasteiger partial charge on any atom is 0.154 e. The normalized spacial score (nSPS) is 10.9. The Hall–Kier alpha value is -3.66. The van der Waals surface area contributed by atoms with E-state index in [1.165, 1.54) is 0 Å². The molecule has 4 rings (SSSR count). The van der Waals surface area contributed by atoms with Gasteiger partial charge in [0.15, 0.2) is 12.6 Å². The number of rotatable bonds is 13. The average molecular weight is 455 g/mol. The minimum Gasteiger partial charge on any atom is -0.493 e. The molecule has 0 saturated heterocycles. The largest absolute Gasteiger partial charge is 0.493 e. The molecule has 4 nitrogen and oxygen atoms in total. The van der Waals surface area contributed by atoms with Crippen molar-refractivity contribution in [3.63, 3.8) is 0 Å². The van der Waals surface area contributed by atoms with Crippen LogP contribution >= 0.6 is 0 Å². The summed E-state index contributed by atoms with van der Waals surface area (Å²) in [5.41, 5.74) is 1.25. The van der Waals surface area contributed by atoms with E-state index in [2.05, 4.69) is 0 Å². The fraction of sp³-hybridized carbons (Fsp3) is 0.267. The Labute approximate surface area is 200 Å². The predicted molar refractivity (Wildman–Crippen MR) is 137 cm³/mol. The molecule has 0 bridgehead atoms. The van der Waals surface area contributed by atoms with E-state index in [4.69, 9.17) is 9.47 Å². The highest BCUT2D eigenvalue weighted by Gasteiger charge is 2.09. The van der Waals surface area contributed by atoms with Gasteiger partial charge in [-0.3, -0.25) is 9.59 Å². The van der Waals surface area contributed by atoms with Crippen molar-refractivity contribution in [2.75, 3.05) is 13.2 Å². The molecule has 4 heteroatoms. The van der Waals surface area contributed by atoms with Crippen LogP contribution in [0.1, 0.15) is 59.2 Å². The molecule has 0 aliphatic rings. The second-order valence-corrected chi connectivity index (χ2v) is 8.45. The first-order valence-corrected chi connectivity index (χ1v) is 12.0. The summed E-state index contributed by atoms with van der Waals surface area (Å²) in [6.45, 7) is 1.22. The van der Waals surface area contributed by atoms with Crippen LogP contribution in [0.3, 0.4) is 0 Å². The van der Waals surface area contributed by atoms with Gasteiger partial charge in [0.1, 0.15) is 11.5 Å². The second-order valence-electron chi connectivity index (χ2n) is 8.45. The lowest BCUT2D eigenvalue weighted by Crippen LogP contribution is -2.01. The first-order chi connectivity index (χ1) is 16.8. The summed E-state index contributed by atoms with van der Waals surface area (Å²) in [5.74, 6) is 1.32. The van der Waals surface area contributed by atoms with E-state index in [-0.39, 0.29) is 0 Å². The second kappa shape index (κ2) is 12.0. The molecule has 0 radical (unpaired) electrons. The highest BCUT2D eigenvalue weighted by atomic mass is 16.5. The fourth-order valence-corrected chi connectivity index (χ4v) is 4.32. The highest BCUT2D eigenvalue weighted by molar-refractivity contribution is 6.01. The van der Waals surface area contributed by atoms with Crippen LogP contribution in [0, 0.1) is 0 Å². The number of hydrogen-bond acceptors (Lipinski definition) is 4. The zero-order valence-electron chi connectivity index (χ0n) is 19.4. The van der Waals surface area contributed by atoms with E-state index in [0.29, 0.717) is 35.8 Å². The smallest absolute Gasteiger partial charge is 0.154 e. The molecular weight excluding hydrogens is 424 g/mol. The quantitative estimate of drug-likeness (QED) is 0.156. The van der Waals surface area contributed by atoms with Gasteiger partial charge in [-0.05, 0) is 46.5 Å². The van der Waals surface area contributed by atoms with Crippen LogP contribution < -0.4 is 9.47 Å². The van der Waals surface area contributed by atoms with E-state index in [0.717, 1.165) is 72.6 Å². The number of ether oxygens (including phenoxy) is 2. The third kappa shape index (κ3) is 5.63. The van der Waals surface area contributed by atoms with Crippen LogP contribution in [-0.4, -0.2) is 25.8 Å². The standard InChI is InChI=1S/C30H30O4/c31-21-27-25-13-7-5-11-23(25)15-17-29(27)33-19-9-3-1-2-4-10-20-34-30-18-16-24-12-6-8-14-26(24)28(30)22-32/h5-8,11-18,21-22H,1-4,9-10,19-20H2. The van der Waals surface area contributed by atoms with Gasteiger partial charge in [-0.2, -0.15) is 0 Å². The summed E-state index contributed by atoms with van der Waals surface area (Å²) in [6, 6.07) is 23.5. The molecule has 0 saturated carbocycles. The van der Waals surface area contributed by atoms with Crippen molar-refractivity contribution in [3.05, 3.63) is 83.9 Å². The van der Waals surface area contributed by atoms with Crippen LogP contribution in [0.2, 0.25) is 0 Å². The number of fused-ring (bicyclic) bond motifs is 2. The van der Waals surface area contributed by atoms with Gasteiger partial charge >= 0.3 is 0 Å². The van der Waals surface area contributed by atoms with Crippen LogP contribution in [-0.2, 0) is 0 Å². The Balaban J connectivity index is 1.13. The Kier molecular flexibility index (Phi) is 8.28. The number of carbonyl (C=O) groups excluding carboxylic acids is 2. The number of aldehydes is 2. The molecule has 0 aromatic heterocycles. The first-order valence-electron chi connectivity index (χ1n) is 12.0. The number of hydrogen-bond donors (Lipinski definition) is 0. The van der Waals surface area contributed by atoms with Gasteiger partial charge in [-0.15, -0.1) is 0 Å². The molecule has 174 valence electrons. The average Bonchev–Trinajstić information content (AvgIpc) is 2.89. The molecule has 0 amide bonds. The number of benzene rings is 4. The fourth-order valence-electron chi connectivity index (χ4n) is 4.32. The molecule has 34 heavy (non-hydrogen) atoms. The van der Waals surface area contributed by atoms with Gasteiger partial charge in [-0.25, -0.2) is 0 Å². The first kappa shape index (κ1) is 23.5. The topological polar surface area (TPSA) is 52.6 Å². The molecule has 0 atom stereocenters. The van der Waals surface area contributed by atoms with Crippen LogP contribution in [0.25, 0.3) is 21.5 Å². The SMILES string of the molecule is O=Cc1c(OCCCCCCCCOc2ccc3ccccc3c2C=O)ccc2ccccc12. The Morgan fingerprint density at radius 1 is 0.500 bits per heavy atom. The summed E-state index contributed by atoms with van der Waals surface area (Å²) in [6.07, 6.45) is 8.14. The third-order valence-corrected chi connectivity index (χ3v) is 6.15. The zero-order chi connectivity index (χ0) is 23.6. The molecule has 4 aromatic carbocycles. The third-order valence-electron chi connectivity index (χ3n) is 6.15. The van der Waals surface area contributed by atoms with E-state index >= 15 is 0 Å². The lowest BCUT2D eigenvalue weighted by atomic mass is 10.0. The Morgan fingerprint density at radius 3 is 1.35 bits per heavy atom. The van der Waals surface area contributed by atoms with Crippen LogP contribution in [0.15, 0.2) is 72.8 Å². The molecule has 0 unspecified atom stereocenters. The van der Waals surface area contributed by atoms with Gasteiger partial charge < -0.3 is 9.47 Å². The zero-order valence-corrected chi connectivity index (χ0v) is 19.4. The minimum atomic E-state index is 0.610. The lowest BCUT2D eigenvalue weighted by molar-refractivity contribution is 0.111. The number of carbonyl (C=O) groups is 2. The Morgan fingerprint density at radius 2 is 0.912 bits per heavy atom. The van der Waals surface area contributed by atoms with Crippen molar-refractivity contribution in [2.24, 2.45) is 0 Å². The highest BCUT2D eigenvalue weighted by Crippen LogP contribution is 2.28. The van der Waals surface area contributed by atoms with Gasteiger partial charge in [0.05, 0.1) is 24.3 Å². The molecule has 0 aliphatic heterocycles. The molecule has 0 N–H and O–H groups in total. The summed E-state index contributed by atoms with van der Waals surface area (Å²) >= 11 is 0. The summed E-state index contributed by atoms with van der Waals surface area (Å²) in [4.78, 5) is 23.2. The van der Waals surface area contributed by atoms with Crippen LogP contribution in [0.4, 0.5) is 0 Å². The van der Waals surface area contributed by atoms with Gasteiger partial charge in [0, 0.05) is 0 Å². The maximum absolute atomic E-state index is 11.6. The van der Waals surface area contributed by atoms with E-state index in [1.54, 1.807) is 0 Å². The van der Waals surface area contributed by atoms with Gasteiger partial charge in [0.25, 0.3) is 0 Å². The van der Waals surface area contributed by atoms with Crippen molar-refractivity contribution in [1.82, 2.24) is 0 Å². The summed E-state index contributed by atoms with van der Waals surface area (Å²) < 4.78 is 11.8. The molecule has 0 fully saturated rings. The number of unbranched alkanes of at least 4 members (excludes halogenated alkanes) is 5. The van der Waals surface area contributed by atoms with E-state index in [1.807, 2.05) is 72.8 Å². The Bertz CT molecular complexity index is 1160. The monoisotopic (exact) mass is 454 g/mol.